The maximum Gasteiger partial charge on any atom is 0.472 e. The van der Waals surface area contributed by atoms with Gasteiger partial charge < -0.3 is 19.8 Å². The lowest BCUT2D eigenvalue weighted by Crippen LogP contribution is -2.45. The highest BCUT2D eigenvalue weighted by atomic mass is 31.2. The predicted molar refractivity (Wildman–Crippen MR) is 383 cm³/mol. The molecule has 0 saturated heterocycles. The van der Waals surface area contributed by atoms with Crippen LogP contribution in [0.4, 0.5) is 0 Å². The number of nitrogens with one attached hydrogen (secondary N) is 1. The molecule has 8 nitrogen and oxygen atoms in total. The molecule has 512 valence electrons. The molecule has 0 aliphatic rings. The Balaban J connectivity index is 3.95. The molecule has 0 aromatic carbocycles. The van der Waals surface area contributed by atoms with Gasteiger partial charge in [0.25, 0.3) is 0 Å². The molecule has 0 aromatic rings. The van der Waals surface area contributed by atoms with Crippen LogP contribution in [0.5, 0.6) is 0 Å². The van der Waals surface area contributed by atoms with Gasteiger partial charge in [0.05, 0.1) is 39.9 Å². The van der Waals surface area contributed by atoms with Crippen LogP contribution in [-0.4, -0.2) is 73.4 Å². The highest BCUT2D eigenvalue weighted by molar-refractivity contribution is 7.47. The molecule has 1 amide bonds. The summed E-state index contributed by atoms with van der Waals surface area (Å²) in [6.45, 7) is 4.83. The number of carbonyl (C=O) groups excluding carboxylic acids is 1. The molecule has 0 bridgehead atoms. The Morgan fingerprint density at radius 3 is 1.00 bits per heavy atom. The first-order chi connectivity index (χ1) is 42.5. The Labute approximate surface area is 542 Å². The molecule has 0 heterocycles. The zero-order valence-corrected chi connectivity index (χ0v) is 59.7. The van der Waals surface area contributed by atoms with E-state index in [0.717, 1.165) is 51.4 Å². The van der Waals surface area contributed by atoms with Crippen molar-refractivity contribution in [2.24, 2.45) is 0 Å². The van der Waals surface area contributed by atoms with Crippen molar-refractivity contribution in [3.8, 4) is 0 Å². The van der Waals surface area contributed by atoms with Crippen LogP contribution in [0, 0.1) is 0 Å². The molecule has 0 aliphatic heterocycles. The van der Waals surface area contributed by atoms with Gasteiger partial charge in [-0.15, -0.1) is 0 Å². The van der Waals surface area contributed by atoms with E-state index in [2.05, 4.69) is 67.8 Å². The number of allylic oxidation sites excluding steroid dienone is 9. The van der Waals surface area contributed by atoms with E-state index in [1.165, 1.54) is 308 Å². The Hall–Kier alpha value is -1.80. The number of aliphatic hydroxyl groups is 1. The smallest absolute Gasteiger partial charge is 0.387 e. The van der Waals surface area contributed by atoms with Crippen LogP contribution in [-0.2, 0) is 18.4 Å². The van der Waals surface area contributed by atoms with E-state index in [-0.39, 0.29) is 19.1 Å². The second-order valence-corrected chi connectivity index (χ2v) is 28.8. The van der Waals surface area contributed by atoms with Crippen LogP contribution < -0.4 is 5.32 Å². The number of phosphoric acid groups is 1. The van der Waals surface area contributed by atoms with E-state index in [1.807, 2.05) is 27.2 Å². The Bertz CT molecular complexity index is 1600. The van der Waals surface area contributed by atoms with E-state index in [1.54, 1.807) is 6.08 Å². The highest BCUT2D eigenvalue weighted by Crippen LogP contribution is 2.43. The molecule has 9 heteroatoms. The Morgan fingerprint density at radius 1 is 0.391 bits per heavy atom. The first-order valence-electron chi connectivity index (χ1n) is 38.2. The summed E-state index contributed by atoms with van der Waals surface area (Å²) in [5, 5.41) is 14.0. The van der Waals surface area contributed by atoms with Gasteiger partial charge in [-0.25, -0.2) is 4.57 Å². The van der Waals surface area contributed by atoms with Gasteiger partial charge in [-0.05, 0) is 70.6 Å². The van der Waals surface area contributed by atoms with Crippen LogP contribution in [0.3, 0.4) is 0 Å². The number of phosphoric ester groups is 1. The fraction of sp³-hybridized carbons (Fsp3) is 0.859. The molecule has 3 N–H and O–H groups in total. The molecule has 0 spiro atoms. The summed E-state index contributed by atoms with van der Waals surface area (Å²) in [4.78, 5) is 23.4. The average molecular weight is 1240 g/mol. The van der Waals surface area contributed by atoms with E-state index in [0.29, 0.717) is 17.4 Å². The van der Waals surface area contributed by atoms with Crippen LogP contribution in [0.25, 0.3) is 0 Å². The van der Waals surface area contributed by atoms with Gasteiger partial charge in [-0.2, -0.15) is 0 Å². The van der Waals surface area contributed by atoms with Gasteiger partial charge in [-0.3, -0.25) is 13.8 Å². The monoisotopic (exact) mass is 1240 g/mol. The number of hydrogen-bond acceptors (Lipinski definition) is 5. The maximum absolute atomic E-state index is 13.1. The van der Waals surface area contributed by atoms with Crippen molar-refractivity contribution in [3.05, 3.63) is 60.8 Å². The number of quaternary nitrogens is 1. The van der Waals surface area contributed by atoms with Crippen molar-refractivity contribution in [2.45, 2.75) is 392 Å². The minimum atomic E-state index is -4.36. The molecule has 3 atom stereocenters. The van der Waals surface area contributed by atoms with E-state index in [9.17, 15) is 19.4 Å². The number of carbonyl (C=O) groups is 1. The molecule has 0 radical (unpaired) electrons. The topological polar surface area (TPSA) is 105 Å². The largest absolute Gasteiger partial charge is 0.472 e. The van der Waals surface area contributed by atoms with Crippen molar-refractivity contribution in [1.29, 1.82) is 0 Å². The third-order valence-electron chi connectivity index (χ3n) is 17.5. The van der Waals surface area contributed by atoms with Gasteiger partial charge >= 0.3 is 7.82 Å². The van der Waals surface area contributed by atoms with E-state index >= 15 is 0 Å². The van der Waals surface area contributed by atoms with E-state index < -0.39 is 20.0 Å². The first kappa shape index (κ1) is 85.2. The molecule has 0 aromatic heterocycles. The predicted octanol–water partition coefficient (Wildman–Crippen LogP) is 24.7. The third kappa shape index (κ3) is 71.5. The van der Waals surface area contributed by atoms with Crippen molar-refractivity contribution in [3.63, 3.8) is 0 Å². The zero-order valence-electron chi connectivity index (χ0n) is 58.8. The number of unbranched alkanes of at least 4 members (excludes halogenated alkanes) is 50. The van der Waals surface area contributed by atoms with Crippen molar-refractivity contribution >= 4 is 13.7 Å². The summed E-state index contributed by atoms with van der Waals surface area (Å²) in [5.41, 5.74) is 0. The van der Waals surface area contributed by atoms with Gasteiger partial charge in [0.15, 0.2) is 0 Å². The first-order valence-corrected chi connectivity index (χ1v) is 39.7. The summed E-state index contributed by atoms with van der Waals surface area (Å²) in [5.74, 6) is -0.180. The highest BCUT2D eigenvalue weighted by Gasteiger charge is 2.28. The van der Waals surface area contributed by atoms with Gasteiger partial charge in [0.1, 0.15) is 13.2 Å². The van der Waals surface area contributed by atoms with Gasteiger partial charge in [0, 0.05) is 6.42 Å². The molecule has 0 saturated carbocycles. The minimum Gasteiger partial charge on any atom is -0.387 e. The summed E-state index contributed by atoms with van der Waals surface area (Å²) < 4.78 is 23.8. The molecule has 0 fully saturated rings. The van der Waals surface area contributed by atoms with Crippen LogP contribution >= 0.6 is 7.82 Å². The molecule has 0 aliphatic carbocycles. The van der Waals surface area contributed by atoms with Gasteiger partial charge in [0.2, 0.25) is 5.91 Å². The standard InChI is InChI=1S/C78H149N2O6P/c1-6-8-10-12-14-16-18-20-22-24-26-28-30-32-33-34-35-36-37-38-39-40-41-42-43-44-45-46-47-48-50-52-54-56-58-60-62-64-66-68-70-72-78(82)79-76(75-86-87(83,84)85-74-73-80(3,4)5)77(81)71-69-67-65-63-61-59-57-55-53-51-49-31-29-27-25-23-21-19-17-15-13-11-9-7-2/h18,20,24,26,30,32,61,63,69,71,76-77,81H,6-17,19,21-23,25,27-29,31,33-60,62,64-68,70,72-75H2,1-5H3,(H-,79,82,83,84)/p+1/b20-18-,26-24-,32-30-,63-61+,71-69+. The Kier molecular flexibility index (Phi) is 67.1. The van der Waals surface area contributed by atoms with Crippen LogP contribution in [0.15, 0.2) is 60.8 Å². The maximum atomic E-state index is 13.1. The molecule has 87 heavy (non-hydrogen) atoms. The summed E-state index contributed by atoms with van der Waals surface area (Å²) >= 11 is 0. The summed E-state index contributed by atoms with van der Waals surface area (Å²) in [6.07, 6.45) is 95.5. The van der Waals surface area contributed by atoms with Crippen molar-refractivity contribution < 1.29 is 32.9 Å². The minimum absolute atomic E-state index is 0.0573. The molecule has 3 unspecified atom stereocenters. The lowest BCUT2D eigenvalue weighted by Gasteiger charge is -2.25. The fourth-order valence-electron chi connectivity index (χ4n) is 11.5. The normalized spacial score (nSPS) is 13.9. The number of hydrogen-bond donors (Lipinski definition) is 3. The molecular formula is C78H150N2O6P+. The number of aliphatic hydroxyl groups excluding tert-OH is 1. The lowest BCUT2D eigenvalue weighted by molar-refractivity contribution is -0.870. The number of nitrogens with zero attached hydrogens (tertiary/aromatic N) is 1. The van der Waals surface area contributed by atoms with E-state index in [4.69, 9.17) is 9.05 Å². The third-order valence-corrected chi connectivity index (χ3v) is 18.4. The second kappa shape index (κ2) is 68.6. The van der Waals surface area contributed by atoms with Gasteiger partial charge in [-0.1, -0.05) is 364 Å². The van der Waals surface area contributed by atoms with Crippen molar-refractivity contribution in [1.82, 2.24) is 5.32 Å². The SMILES string of the molecule is CCCCCCC/C=C\C/C=C\C/C=C\CCCCCCCCCCCCCCCCCCCCCCCCCCCCC(=O)NC(COP(=O)(O)OCC[N+](C)(C)C)C(O)/C=C/CC/C=C/CCCCCCCCCCCCCCCCCCCC. The zero-order chi connectivity index (χ0) is 63.4. The van der Waals surface area contributed by atoms with Crippen LogP contribution in [0.2, 0.25) is 0 Å². The quantitative estimate of drug-likeness (QED) is 0.0243. The summed E-state index contributed by atoms with van der Waals surface area (Å²) in [6, 6.07) is -0.865. The molecular weight excluding hydrogens is 1090 g/mol. The summed E-state index contributed by atoms with van der Waals surface area (Å²) in [7, 11) is 1.57. The number of likely N-dealkylation sites (N-methyl/N-ethyl adjacent to an activating group) is 1. The lowest BCUT2D eigenvalue weighted by atomic mass is 10.0. The number of rotatable bonds is 71. The fourth-order valence-corrected chi connectivity index (χ4v) is 12.3. The number of amides is 1. The Morgan fingerprint density at radius 2 is 0.667 bits per heavy atom. The average Bonchev–Trinajstić information content (AvgIpc) is 3.71. The van der Waals surface area contributed by atoms with Crippen LogP contribution in [0.1, 0.15) is 380 Å². The molecule has 0 rings (SSSR count). The van der Waals surface area contributed by atoms with Crippen molar-refractivity contribution in [2.75, 3.05) is 40.9 Å². The second-order valence-electron chi connectivity index (χ2n) is 27.4.